The van der Waals surface area contributed by atoms with Gasteiger partial charge in [0.25, 0.3) is 0 Å². The molecule has 286 valence electrons. The summed E-state index contributed by atoms with van der Waals surface area (Å²) in [6.07, 6.45) is 28.5. The van der Waals surface area contributed by atoms with Gasteiger partial charge in [0.1, 0.15) is 0 Å². The molecule has 3 aliphatic carbocycles. The Labute approximate surface area is 346 Å². The largest absolute Gasteiger partial charge is 0.399 e. The van der Waals surface area contributed by atoms with Crippen molar-refractivity contribution in [3.8, 4) is 0 Å². The van der Waals surface area contributed by atoms with Gasteiger partial charge in [-0.05, 0) is 105 Å². The summed E-state index contributed by atoms with van der Waals surface area (Å²) in [5.41, 5.74) is 24.2. The molecule has 2 N–H and O–H groups in total. The van der Waals surface area contributed by atoms with Crippen molar-refractivity contribution >= 4 is 22.4 Å². The van der Waals surface area contributed by atoms with Crippen LogP contribution in [0.3, 0.4) is 0 Å². The van der Waals surface area contributed by atoms with Gasteiger partial charge in [-0.1, -0.05) is 221 Å². The molecular formula is C57H53N. The maximum absolute atomic E-state index is 5.99. The van der Waals surface area contributed by atoms with Gasteiger partial charge in [-0.15, -0.1) is 0 Å². The van der Waals surface area contributed by atoms with Gasteiger partial charge in [-0.2, -0.15) is 0 Å². The monoisotopic (exact) mass is 751 g/mol. The zero-order valence-electron chi connectivity index (χ0n) is 34.3. The van der Waals surface area contributed by atoms with Gasteiger partial charge >= 0.3 is 0 Å². The third kappa shape index (κ3) is 7.82. The summed E-state index contributed by atoms with van der Waals surface area (Å²) in [6, 6.07) is 42.8. The molecular weight excluding hydrogens is 699 g/mol. The van der Waals surface area contributed by atoms with Gasteiger partial charge in [0.2, 0.25) is 0 Å². The molecule has 1 atom stereocenters. The molecule has 0 spiro atoms. The van der Waals surface area contributed by atoms with Crippen molar-refractivity contribution in [3.05, 3.63) is 275 Å². The molecule has 0 fully saturated rings. The Balaban J connectivity index is 0.000000193. The first-order valence-corrected chi connectivity index (χ1v) is 20.2. The van der Waals surface area contributed by atoms with E-state index in [0.717, 1.165) is 17.7 Å². The first-order valence-electron chi connectivity index (χ1n) is 20.2. The van der Waals surface area contributed by atoms with Crippen LogP contribution in [0.15, 0.2) is 225 Å². The SMILES string of the molecule is C=C(c1ccccc1C)c1ccccc1C1(C)C2=C(/C=C\C=C\C=C/C=C\C=C\2)c2ccccc21.C=C/C=C(\C=C1/Cc2ccc(N)cc2C1(C)C)c1ccccc1. The van der Waals surface area contributed by atoms with Crippen LogP contribution in [0.2, 0.25) is 0 Å². The van der Waals surface area contributed by atoms with Crippen molar-refractivity contribution in [2.45, 2.75) is 44.9 Å². The third-order valence-corrected chi connectivity index (χ3v) is 11.9. The highest BCUT2D eigenvalue weighted by atomic mass is 14.6. The number of nitrogen functional groups attached to an aromatic ring is 1. The highest BCUT2D eigenvalue weighted by Gasteiger charge is 2.42. The standard InChI is InChI=1S/C35H30.C22H23N/c1-26-18-12-13-19-28(26)27(2)29-20-14-16-24-32(29)35(3)33-23-11-9-7-5-4-6-8-10-21-30(33)31-22-15-17-25-34(31)35;1-4-8-17(16-9-6-5-7-10-16)13-19-14-18-11-12-20(23)15-21(18)22(19,2)3/h4-25H,2H2,1,3H3;4-13,15H,1,14,23H2,2-3H3/b5-4-,6-4?,7-5?,8-6+,9-7-,10-8?,11-9?,21-10-,23-11+,30-21?,33-23?;17-8+,19-13+. The van der Waals surface area contributed by atoms with Crippen LogP contribution < -0.4 is 5.73 Å². The van der Waals surface area contributed by atoms with E-state index >= 15 is 0 Å². The smallest absolute Gasteiger partial charge is 0.0441 e. The molecule has 5 aromatic carbocycles. The topological polar surface area (TPSA) is 26.0 Å². The number of rotatable bonds is 6. The van der Waals surface area contributed by atoms with E-state index in [4.69, 9.17) is 5.73 Å². The van der Waals surface area contributed by atoms with E-state index < -0.39 is 0 Å². The lowest BCUT2D eigenvalue weighted by Crippen LogP contribution is -2.25. The van der Waals surface area contributed by atoms with Crippen LogP contribution in [-0.4, -0.2) is 0 Å². The summed E-state index contributed by atoms with van der Waals surface area (Å²) >= 11 is 0. The Morgan fingerprint density at radius 3 is 1.95 bits per heavy atom. The fraction of sp³-hybridized carbons (Fsp3) is 0.123. The average Bonchev–Trinajstić information content (AvgIpc) is 3.63. The Hall–Kier alpha value is -6.70. The lowest BCUT2D eigenvalue weighted by atomic mass is 9.70. The number of nitrogens with two attached hydrogens (primary N) is 1. The first-order chi connectivity index (χ1) is 28.1. The molecule has 0 radical (unpaired) electrons. The summed E-state index contributed by atoms with van der Waals surface area (Å²) in [5.74, 6) is 0. The number of hydrogen-bond acceptors (Lipinski definition) is 1. The van der Waals surface area contributed by atoms with Crippen molar-refractivity contribution in [2.75, 3.05) is 5.73 Å². The molecule has 1 heteroatoms. The number of benzene rings is 5. The maximum atomic E-state index is 5.99. The van der Waals surface area contributed by atoms with E-state index in [-0.39, 0.29) is 10.8 Å². The minimum Gasteiger partial charge on any atom is -0.399 e. The summed E-state index contributed by atoms with van der Waals surface area (Å²) in [7, 11) is 0. The number of allylic oxidation sites excluding steroid dienone is 17. The van der Waals surface area contributed by atoms with E-state index in [1.54, 1.807) is 0 Å². The number of fused-ring (bicyclic) bond motifs is 3. The van der Waals surface area contributed by atoms with Crippen LogP contribution in [0.4, 0.5) is 5.69 Å². The fourth-order valence-electron chi connectivity index (χ4n) is 8.70. The third-order valence-electron chi connectivity index (χ3n) is 11.9. The van der Waals surface area contributed by atoms with Crippen molar-refractivity contribution < 1.29 is 0 Å². The lowest BCUT2D eigenvalue weighted by Gasteiger charge is -2.32. The molecule has 0 aliphatic heterocycles. The van der Waals surface area contributed by atoms with Gasteiger partial charge in [0.05, 0.1) is 0 Å². The summed E-state index contributed by atoms with van der Waals surface area (Å²) < 4.78 is 0. The molecule has 0 bridgehead atoms. The second-order valence-corrected chi connectivity index (χ2v) is 15.8. The summed E-state index contributed by atoms with van der Waals surface area (Å²) in [6.45, 7) is 17.5. The van der Waals surface area contributed by atoms with Crippen LogP contribution in [0.1, 0.15) is 70.8 Å². The highest BCUT2D eigenvalue weighted by Crippen LogP contribution is 2.53. The molecule has 1 unspecified atom stereocenters. The minimum absolute atomic E-state index is 0.000244. The van der Waals surface area contributed by atoms with Crippen molar-refractivity contribution in [1.82, 2.24) is 0 Å². The molecule has 1 nitrogen and oxygen atoms in total. The zero-order valence-corrected chi connectivity index (χ0v) is 34.3. The Bertz CT molecular complexity index is 2610. The number of aryl methyl sites for hydroxylation is 1. The average molecular weight is 752 g/mol. The number of hydrogen-bond donors (Lipinski definition) is 1. The zero-order chi connectivity index (χ0) is 40.7. The second kappa shape index (κ2) is 17.2. The first kappa shape index (κ1) is 39.5. The van der Waals surface area contributed by atoms with E-state index in [1.165, 1.54) is 72.4 Å². The van der Waals surface area contributed by atoms with E-state index in [2.05, 4.69) is 217 Å². The van der Waals surface area contributed by atoms with Gasteiger partial charge in [-0.25, -0.2) is 0 Å². The van der Waals surface area contributed by atoms with Gasteiger partial charge < -0.3 is 5.73 Å². The minimum atomic E-state index is -0.327. The van der Waals surface area contributed by atoms with E-state index in [1.807, 2.05) is 24.3 Å². The normalized spacial score (nSPS) is 21.2. The predicted molar refractivity (Wildman–Crippen MR) is 252 cm³/mol. The van der Waals surface area contributed by atoms with Crippen LogP contribution in [0.5, 0.6) is 0 Å². The lowest BCUT2D eigenvalue weighted by molar-refractivity contribution is 0.645. The summed E-state index contributed by atoms with van der Waals surface area (Å²) in [5, 5.41) is 0. The molecule has 58 heavy (non-hydrogen) atoms. The highest BCUT2D eigenvalue weighted by molar-refractivity contribution is 5.92. The molecule has 5 aromatic rings. The molecule has 0 amide bonds. The van der Waals surface area contributed by atoms with Crippen LogP contribution in [0, 0.1) is 6.92 Å². The van der Waals surface area contributed by atoms with Crippen LogP contribution >= 0.6 is 0 Å². The molecule has 0 saturated carbocycles. The predicted octanol–water partition coefficient (Wildman–Crippen LogP) is 14.2. The van der Waals surface area contributed by atoms with Crippen LogP contribution in [-0.2, 0) is 17.3 Å². The van der Waals surface area contributed by atoms with Crippen molar-refractivity contribution in [2.24, 2.45) is 0 Å². The van der Waals surface area contributed by atoms with Crippen LogP contribution in [0.25, 0.3) is 16.7 Å². The fourth-order valence-corrected chi connectivity index (χ4v) is 8.70. The maximum Gasteiger partial charge on any atom is 0.0441 e. The van der Waals surface area contributed by atoms with Gasteiger partial charge in [0, 0.05) is 16.5 Å². The molecule has 3 aliphatic rings. The Morgan fingerprint density at radius 2 is 1.24 bits per heavy atom. The molecule has 0 heterocycles. The van der Waals surface area contributed by atoms with E-state index in [9.17, 15) is 0 Å². The van der Waals surface area contributed by atoms with Crippen molar-refractivity contribution in [1.29, 1.82) is 0 Å². The second-order valence-electron chi connectivity index (χ2n) is 15.8. The molecule has 8 rings (SSSR count). The summed E-state index contributed by atoms with van der Waals surface area (Å²) in [4.78, 5) is 0. The Kier molecular flexibility index (Phi) is 11.7. The van der Waals surface area contributed by atoms with Crippen molar-refractivity contribution in [3.63, 3.8) is 0 Å². The van der Waals surface area contributed by atoms with Gasteiger partial charge in [0.15, 0.2) is 0 Å². The van der Waals surface area contributed by atoms with Gasteiger partial charge in [-0.3, -0.25) is 0 Å². The number of anilines is 1. The van der Waals surface area contributed by atoms with E-state index in [0.29, 0.717) is 0 Å². The quantitative estimate of drug-likeness (QED) is 0.136. The molecule has 0 aromatic heterocycles. The Morgan fingerprint density at radius 1 is 0.638 bits per heavy atom. The molecule has 0 saturated heterocycles.